The van der Waals surface area contributed by atoms with Crippen molar-refractivity contribution >= 4 is 36.1 Å². The zero-order valence-electron chi connectivity index (χ0n) is 18.7. The minimum Gasteiger partial charge on any atom is -0.481 e. The van der Waals surface area contributed by atoms with Gasteiger partial charge in [-0.05, 0) is 29.8 Å². The number of nitrogens with zero attached hydrogens (tertiary/aromatic N) is 4. The van der Waals surface area contributed by atoms with Crippen molar-refractivity contribution in [2.75, 3.05) is 36.7 Å². The number of rotatable bonds is 13. The largest absolute Gasteiger partial charge is 0.481 e. The van der Waals surface area contributed by atoms with E-state index in [0.717, 1.165) is 0 Å². The van der Waals surface area contributed by atoms with E-state index in [4.69, 9.17) is 4.74 Å². The van der Waals surface area contributed by atoms with Gasteiger partial charge < -0.3 is 19.6 Å². The summed E-state index contributed by atoms with van der Waals surface area (Å²) in [6, 6.07) is 8.96. The van der Waals surface area contributed by atoms with Crippen molar-refractivity contribution in [3.05, 3.63) is 54.4 Å². The number of nitrogens with one attached hydrogen (secondary N) is 1. The molecule has 0 bridgehead atoms. The summed E-state index contributed by atoms with van der Waals surface area (Å²) in [5.41, 5.74) is 4.60. The van der Waals surface area contributed by atoms with Crippen LogP contribution in [0.25, 0.3) is 0 Å². The van der Waals surface area contributed by atoms with Crippen LogP contribution in [0.4, 0.5) is 11.4 Å². The molecule has 1 aromatic heterocycles. The van der Waals surface area contributed by atoms with Gasteiger partial charge in [-0.3, -0.25) is 24.2 Å². The fourth-order valence-electron chi connectivity index (χ4n) is 3.95. The SMILES string of the molecule is COCCNN(C=O)c1cccc(N2CC(N(C=O)C(CC(=O)O)c3cccnc3)CC2=O)c1. The van der Waals surface area contributed by atoms with Gasteiger partial charge in [-0.2, -0.15) is 0 Å². The molecule has 0 spiro atoms. The summed E-state index contributed by atoms with van der Waals surface area (Å²) < 4.78 is 4.98. The van der Waals surface area contributed by atoms with Crippen LogP contribution in [0.1, 0.15) is 24.4 Å². The molecule has 1 aromatic carbocycles. The van der Waals surface area contributed by atoms with Crippen LogP contribution >= 0.6 is 0 Å². The minimum atomic E-state index is -1.07. The topological polar surface area (TPSA) is 132 Å². The van der Waals surface area contributed by atoms with E-state index in [0.29, 0.717) is 42.9 Å². The van der Waals surface area contributed by atoms with Crippen LogP contribution in [0.5, 0.6) is 0 Å². The zero-order valence-corrected chi connectivity index (χ0v) is 18.7. The highest BCUT2D eigenvalue weighted by atomic mass is 16.5. The number of benzene rings is 1. The number of hydrazine groups is 1. The first-order valence-electron chi connectivity index (χ1n) is 10.7. The summed E-state index contributed by atoms with van der Waals surface area (Å²) in [5.74, 6) is -1.27. The number of carbonyl (C=O) groups excluding carboxylic acids is 3. The van der Waals surface area contributed by atoms with Crippen LogP contribution in [-0.4, -0.2) is 72.5 Å². The van der Waals surface area contributed by atoms with Gasteiger partial charge in [-0.1, -0.05) is 12.1 Å². The molecule has 2 N–H and O–H groups in total. The second kappa shape index (κ2) is 11.9. The highest BCUT2D eigenvalue weighted by Crippen LogP contribution is 2.32. The standard InChI is InChI=1S/C23H27N5O6/c1-34-9-8-25-28(16-30)19-6-2-5-18(10-19)26-14-20(11-22(26)31)27(15-29)21(12-23(32)33)17-4-3-7-24-13-17/h2-7,10,13,15-16,20-21,25H,8-9,11-12,14H2,1H3,(H,32,33). The number of hydrogen-bond donors (Lipinski definition) is 2. The number of hydrogen-bond acceptors (Lipinski definition) is 7. The average Bonchev–Trinajstić information content (AvgIpc) is 3.23. The molecule has 3 rings (SSSR count). The van der Waals surface area contributed by atoms with Gasteiger partial charge in [0.2, 0.25) is 18.7 Å². The van der Waals surface area contributed by atoms with Crippen LogP contribution in [-0.2, 0) is 23.9 Å². The molecule has 2 atom stereocenters. The molecule has 180 valence electrons. The number of carbonyl (C=O) groups is 4. The van der Waals surface area contributed by atoms with Gasteiger partial charge in [-0.25, -0.2) is 10.4 Å². The predicted molar refractivity (Wildman–Crippen MR) is 123 cm³/mol. The number of aromatic nitrogens is 1. The lowest BCUT2D eigenvalue weighted by molar-refractivity contribution is -0.139. The molecule has 2 heterocycles. The van der Waals surface area contributed by atoms with E-state index >= 15 is 0 Å². The van der Waals surface area contributed by atoms with Crippen LogP contribution in [0.2, 0.25) is 0 Å². The van der Waals surface area contributed by atoms with Crippen molar-refractivity contribution in [1.82, 2.24) is 15.3 Å². The van der Waals surface area contributed by atoms with Crippen molar-refractivity contribution in [1.29, 1.82) is 0 Å². The first-order valence-corrected chi connectivity index (χ1v) is 10.7. The molecule has 0 saturated carbocycles. The van der Waals surface area contributed by atoms with Gasteiger partial charge in [0, 0.05) is 44.7 Å². The fraction of sp³-hybridized carbons (Fsp3) is 0.348. The van der Waals surface area contributed by atoms with Gasteiger partial charge in [0.05, 0.1) is 30.8 Å². The molecular formula is C23H27N5O6. The van der Waals surface area contributed by atoms with E-state index in [2.05, 4.69) is 10.4 Å². The maximum atomic E-state index is 12.9. The Balaban J connectivity index is 1.81. The normalized spacial score (nSPS) is 16.2. The maximum Gasteiger partial charge on any atom is 0.305 e. The van der Waals surface area contributed by atoms with Crippen LogP contribution < -0.4 is 15.3 Å². The molecule has 1 fully saturated rings. The molecule has 1 aliphatic rings. The van der Waals surface area contributed by atoms with Gasteiger partial charge in [0.25, 0.3) is 0 Å². The molecule has 34 heavy (non-hydrogen) atoms. The lowest BCUT2D eigenvalue weighted by Gasteiger charge is -2.32. The number of pyridine rings is 1. The van der Waals surface area contributed by atoms with E-state index in [9.17, 15) is 24.3 Å². The number of ether oxygens (including phenoxy) is 1. The average molecular weight is 469 g/mol. The predicted octanol–water partition coefficient (Wildman–Crippen LogP) is 0.975. The molecular weight excluding hydrogens is 442 g/mol. The van der Waals surface area contributed by atoms with E-state index in [1.165, 1.54) is 21.0 Å². The second-order valence-electron chi connectivity index (χ2n) is 7.71. The molecule has 0 radical (unpaired) electrons. The van der Waals surface area contributed by atoms with Gasteiger partial charge in [-0.15, -0.1) is 0 Å². The fourth-order valence-corrected chi connectivity index (χ4v) is 3.95. The smallest absolute Gasteiger partial charge is 0.305 e. The quantitative estimate of drug-likeness (QED) is 0.252. The van der Waals surface area contributed by atoms with E-state index in [1.54, 1.807) is 49.7 Å². The summed E-state index contributed by atoms with van der Waals surface area (Å²) in [7, 11) is 1.56. The summed E-state index contributed by atoms with van der Waals surface area (Å²) in [4.78, 5) is 54.9. The molecule has 11 heteroatoms. The number of amides is 3. The summed E-state index contributed by atoms with van der Waals surface area (Å²) in [6.07, 6.45) is 4.03. The Hall–Kier alpha value is -3.83. The maximum absolute atomic E-state index is 12.9. The van der Waals surface area contributed by atoms with Crippen molar-refractivity contribution in [3.8, 4) is 0 Å². The number of carboxylic acid groups (broad SMARTS) is 1. The molecule has 1 aliphatic heterocycles. The van der Waals surface area contributed by atoms with Gasteiger partial charge in [0.15, 0.2) is 0 Å². The van der Waals surface area contributed by atoms with Crippen molar-refractivity contribution in [2.45, 2.75) is 24.9 Å². The Bertz CT molecular complexity index is 1000. The third kappa shape index (κ3) is 5.94. The summed E-state index contributed by atoms with van der Waals surface area (Å²) in [5, 5.41) is 10.7. The summed E-state index contributed by atoms with van der Waals surface area (Å²) in [6.45, 7) is 1.01. The van der Waals surface area contributed by atoms with Gasteiger partial charge >= 0.3 is 5.97 Å². The third-order valence-corrected chi connectivity index (χ3v) is 5.56. The number of carboxylic acids is 1. The third-order valence-electron chi connectivity index (χ3n) is 5.56. The monoisotopic (exact) mass is 469 g/mol. The Morgan fingerprint density at radius 3 is 2.79 bits per heavy atom. The Labute approximate surface area is 196 Å². The number of aliphatic carboxylic acids is 1. The van der Waals surface area contributed by atoms with E-state index < -0.39 is 18.1 Å². The van der Waals surface area contributed by atoms with E-state index in [1.807, 2.05) is 0 Å². The Morgan fingerprint density at radius 2 is 2.15 bits per heavy atom. The van der Waals surface area contributed by atoms with Crippen LogP contribution in [0, 0.1) is 0 Å². The molecule has 2 unspecified atom stereocenters. The van der Waals surface area contributed by atoms with Gasteiger partial charge in [0.1, 0.15) is 0 Å². The number of anilines is 2. The molecule has 2 aromatic rings. The Kier molecular flexibility index (Phi) is 8.66. The van der Waals surface area contributed by atoms with E-state index in [-0.39, 0.29) is 25.3 Å². The Morgan fingerprint density at radius 1 is 1.32 bits per heavy atom. The molecule has 11 nitrogen and oxygen atoms in total. The van der Waals surface area contributed by atoms with Crippen LogP contribution in [0.15, 0.2) is 48.8 Å². The molecule has 1 saturated heterocycles. The van der Waals surface area contributed by atoms with Crippen molar-refractivity contribution in [2.24, 2.45) is 0 Å². The number of methoxy groups -OCH3 is 1. The molecule has 0 aliphatic carbocycles. The highest BCUT2D eigenvalue weighted by Gasteiger charge is 2.38. The summed E-state index contributed by atoms with van der Waals surface area (Å²) >= 11 is 0. The van der Waals surface area contributed by atoms with Crippen molar-refractivity contribution < 1.29 is 29.0 Å². The first-order chi connectivity index (χ1) is 16.5. The lowest BCUT2D eigenvalue weighted by Crippen LogP contribution is -2.40. The zero-order chi connectivity index (χ0) is 24.5. The lowest BCUT2D eigenvalue weighted by atomic mass is 10.0. The van der Waals surface area contributed by atoms with Crippen LogP contribution in [0.3, 0.4) is 0 Å². The molecule has 3 amide bonds. The van der Waals surface area contributed by atoms with Crippen molar-refractivity contribution in [3.63, 3.8) is 0 Å². The second-order valence-corrected chi connectivity index (χ2v) is 7.71. The first kappa shape index (κ1) is 24.8. The minimum absolute atomic E-state index is 0.0445. The highest BCUT2D eigenvalue weighted by molar-refractivity contribution is 5.97.